The van der Waals surface area contributed by atoms with Crippen LogP contribution >= 0.6 is 23.2 Å². The molecular formula is C14H20Cl2N2O. The molecule has 3 N–H and O–H groups in total. The van der Waals surface area contributed by atoms with Crippen molar-refractivity contribution in [1.29, 1.82) is 0 Å². The first-order chi connectivity index (χ1) is 9.22. The summed E-state index contributed by atoms with van der Waals surface area (Å²) in [6, 6.07) is 5.51. The first-order valence-electron chi connectivity index (χ1n) is 6.74. The largest absolute Gasteiger partial charge is 0.378 e. The molecule has 1 aliphatic heterocycles. The molecule has 2 rings (SSSR count). The van der Waals surface area contributed by atoms with Gasteiger partial charge in [-0.25, -0.2) is 0 Å². The molecule has 0 radical (unpaired) electrons. The van der Waals surface area contributed by atoms with Gasteiger partial charge in [0.05, 0.1) is 6.10 Å². The highest BCUT2D eigenvalue weighted by molar-refractivity contribution is 6.36. The van der Waals surface area contributed by atoms with E-state index >= 15 is 0 Å². The zero-order chi connectivity index (χ0) is 13.7. The fourth-order valence-electron chi connectivity index (χ4n) is 2.58. The molecule has 2 unspecified atom stereocenters. The Morgan fingerprint density at radius 1 is 1.37 bits per heavy atom. The lowest BCUT2D eigenvalue weighted by atomic mass is 9.99. The number of hydrogen-bond donors (Lipinski definition) is 2. The van der Waals surface area contributed by atoms with Crippen molar-refractivity contribution in [2.75, 3.05) is 6.61 Å². The predicted octanol–water partition coefficient (Wildman–Crippen LogP) is 3.85. The van der Waals surface area contributed by atoms with Gasteiger partial charge in [0.1, 0.15) is 0 Å². The summed E-state index contributed by atoms with van der Waals surface area (Å²) < 4.78 is 5.62. The second-order valence-electron chi connectivity index (χ2n) is 4.92. The Hall–Kier alpha value is -0.320. The molecule has 1 aliphatic rings. The van der Waals surface area contributed by atoms with E-state index in [0.717, 1.165) is 31.4 Å². The van der Waals surface area contributed by atoms with Crippen LogP contribution in [-0.4, -0.2) is 12.7 Å². The van der Waals surface area contributed by atoms with Crippen molar-refractivity contribution >= 4 is 23.2 Å². The van der Waals surface area contributed by atoms with Crippen molar-refractivity contribution in [1.82, 2.24) is 5.43 Å². The Kier molecular flexibility index (Phi) is 5.92. The topological polar surface area (TPSA) is 47.3 Å². The smallest absolute Gasteiger partial charge is 0.0576 e. The number of hydrogen-bond acceptors (Lipinski definition) is 3. The summed E-state index contributed by atoms with van der Waals surface area (Å²) in [5, 5.41) is 1.32. The third kappa shape index (κ3) is 4.07. The van der Waals surface area contributed by atoms with Crippen LogP contribution in [0.15, 0.2) is 18.2 Å². The summed E-state index contributed by atoms with van der Waals surface area (Å²) in [7, 11) is 0. The van der Waals surface area contributed by atoms with E-state index in [0.29, 0.717) is 16.1 Å². The molecule has 5 heteroatoms. The highest BCUT2D eigenvalue weighted by Crippen LogP contribution is 2.33. The molecule has 0 spiro atoms. The molecule has 1 fully saturated rings. The van der Waals surface area contributed by atoms with Crippen LogP contribution in [0.3, 0.4) is 0 Å². The van der Waals surface area contributed by atoms with Crippen LogP contribution in [0.2, 0.25) is 10.0 Å². The van der Waals surface area contributed by atoms with Crippen LogP contribution in [0, 0.1) is 0 Å². The number of ether oxygens (including phenoxy) is 1. The van der Waals surface area contributed by atoms with E-state index in [1.807, 2.05) is 18.2 Å². The van der Waals surface area contributed by atoms with Gasteiger partial charge in [-0.05, 0) is 44.2 Å². The van der Waals surface area contributed by atoms with Gasteiger partial charge in [-0.15, -0.1) is 0 Å². The summed E-state index contributed by atoms with van der Waals surface area (Å²) >= 11 is 12.4. The molecule has 1 heterocycles. The van der Waals surface area contributed by atoms with Gasteiger partial charge in [0, 0.05) is 28.3 Å². The van der Waals surface area contributed by atoms with Gasteiger partial charge < -0.3 is 4.74 Å². The van der Waals surface area contributed by atoms with E-state index in [4.69, 9.17) is 33.8 Å². The molecule has 0 saturated carbocycles. The molecule has 1 saturated heterocycles. The quantitative estimate of drug-likeness (QED) is 0.620. The molecule has 0 aromatic heterocycles. The Morgan fingerprint density at radius 3 is 2.68 bits per heavy atom. The van der Waals surface area contributed by atoms with Gasteiger partial charge >= 0.3 is 0 Å². The van der Waals surface area contributed by atoms with Crippen LogP contribution in [0.1, 0.15) is 43.7 Å². The van der Waals surface area contributed by atoms with E-state index < -0.39 is 0 Å². The fraction of sp³-hybridized carbons (Fsp3) is 0.571. The standard InChI is InChI=1S/C14H20Cl2N2O/c15-11-6-2-7-12(16)14(11)13(18-17)8-1-4-10-5-3-9-19-10/h2,6-7,10,13,18H,1,3-5,8-9,17H2. The molecular weight excluding hydrogens is 283 g/mol. The van der Waals surface area contributed by atoms with E-state index in [9.17, 15) is 0 Å². The molecule has 2 atom stereocenters. The predicted molar refractivity (Wildman–Crippen MR) is 79.4 cm³/mol. The highest BCUT2D eigenvalue weighted by atomic mass is 35.5. The van der Waals surface area contributed by atoms with Crippen LogP contribution in [0.25, 0.3) is 0 Å². The Balaban J connectivity index is 1.92. The van der Waals surface area contributed by atoms with Crippen molar-refractivity contribution in [3.05, 3.63) is 33.8 Å². The minimum Gasteiger partial charge on any atom is -0.378 e. The summed E-state index contributed by atoms with van der Waals surface area (Å²) in [4.78, 5) is 0. The van der Waals surface area contributed by atoms with Gasteiger partial charge in [-0.3, -0.25) is 11.3 Å². The SMILES string of the molecule is NNC(CCCC1CCCO1)c1c(Cl)cccc1Cl. The maximum Gasteiger partial charge on any atom is 0.0576 e. The van der Waals surface area contributed by atoms with Crippen molar-refractivity contribution in [3.63, 3.8) is 0 Å². The molecule has 0 aliphatic carbocycles. The molecule has 1 aromatic rings. The summed E-state index contributed by atoms with van der Waals surface area (Å²) in [6.07, 6.45) is 5.79. The van der Waals surface area contributed by atoms with E-state index in [2.05, 4.69) is 5.43 Å². The maximum absolute atomic E-state index is 6.20. The molecule has 1 aromatic carbocycles. The highest BCUT2D eigenvalue weighted by Gasteiger charge is 2.19. The van der Waals surface area contributed by atoms with E-state index in [-0.39, 0.29) is 6.04 Å². The number of nitrogens with one attached hydrogen (secondary N) is 1. The molecule has 3 nitrogen and oxygen atoms in total. The first kappa shape index (κ1) is 15.1. The second kappa shape index (κ2) is 7.46. The van der Waals surface area contributed by atoms with Gasteiger partial charge in [0.25, 0.3) is 0 Å². The lowest BCUT2D eigenvalue weighted by Gasteiger charge is -2.19. The van der Waals surface area contributed by atoms with Crippen molar-refractivity contribution in [3.8, 4) is 0 Å². The van der Waals surface area contributed by atoms with Crippen LogP contribution in [0.4, 0.5) is 0 Å². The summed E-state index contributed by atoms with van der Waals surface area (Å²) in [6.45, 7) is 0.902. The average molecular weight is 303 g/mol. The molecule has 106 valence electrons. The van der Waals surface area contributed by atoms with Crippen molar-refractivity contribution < 1.29 is 4.74 Å². The van der Waals surface area contributed by atoms with Crippen LogP contribution in [-0.2, 0) is 4.74 Å². The zero-order valence-electron chi connectivity index (χ0n) is 10.9. The molecule has 0 bridgehead atoms. The van der Waals surface area contributed by atoms with Crippen LogP contribution < -0.4 is 11.3 Å². The Morgan fingerprint density at radius 2 is 2.11 bits per heavy atom. The Labute approximate surface area is 124 Å². The number of hydrazine groups is 1. The fourth-order valence-corrected chi connectivity index (χ4v) is 3.24. The number of halogens is 2. The minimum atomic E-state index is -0.0115. The lowest BCUT2D eigenvalue weighted by molar-refractivity contribution is 0.101. The zero-order valence-corrected chi connectivity index (χ0v) is 12.4. The van der Waals surface area contributed by atoms with Gasteiger partial charge in [0.15, 0.2) is 0 Å². The Bertz CT molecular complexity index is 388. The maximum atomic E-state index is 6.20. The third-order valence-corrected chi connectivity index (χ3v) is 4.25. The third-order valence-electron chi connectivity index (χ3n) is 3.59. The molecule has 0 amide bonds. The van der Waals surface area contributed by atoms with Gasteiger partial charge in [0.2, 0.25) is 0 Å². The normalized spacial score (nSPS) is 20.7. The van der Waals surface area contributed by atoms with Gasteiger partial charge in [-0.1, -0.05) is 29.3 Å². The second-order valence-corrected chi connectivity index (χ2v) is 5.73. The van der Waals surface area contributed by atoms with Gasteiger partial charge in [-0.2, -0.15) is 0 Å². The average Bonchev–Trinajstić information content (AvgIpc) is 2.89. The lowest BCUT2D eigenvalue weighted by Crippen LogP contribution is -2.28. The van der Waals surface area contributed by atoms with Crippen molar-refractivity contribution in [2.24, 2.45) is 5.84 Å². The monoisotopic (exact) mass is 302 g/mol. The summed E-state index contributed by atoms with van der Waals surface area (Å²) in [5.41, 5.74) is 3.71. The van der Waals surface area contributed by atoms with E-state index in [1.54, 1.807) is 0 Å². The van der Waals surface area contributed by atoms with E-state index in [1.165, 1.54) is 12.8 Å². The summed E-state index contributed by atoms with van der Waals surface area (Å²) in [5.74, 6) is 5.64. The van der Waals surface area contributed by atoms with Crippen LogP contribution in [0.5, 0.6) is 0 Å². The number of rotatable bonds is 6. The minimum absolute atomic E-state index is 0.0115. The van der Waals surface area contributed by atoms with Crippen molar-refractivity contribution in [2.45, 2.75) is 44.2 Å². The first-order valence-corrected chi connectivity index (χ1v) is 7.49. The number of nitrogens with two attached hydrogens (primary N) is 1. The molecule has 19 heavy (non-hydrogen) atoms. The number of benzene rings is 1.